The highest BCUT2D eigenvalue weighted by Crippen LogP contribution is 2.16. The van der Waals surface area contributed by atoms with Crippen LogP contribution in [0.2, 0.25) is 0 Å². The largest absolute Gasteiger partial charge is 0.351 e. The Bertz CT molecular complexity index is 453. The number of piperidine rings is 1. The Morgan fingerprint density at radius 1 is 1.40 bits per heavy atom. The van der Waals surface area contributed by atoms with Gasteiger partial charge in [0.1, 0.15) is 5.82 Å². The first-order chi connectivity index (χ1) is 9.54. The molecular formula is C15H20BrFN2O. The zero-order chi connectivity index (χ0) is 14.5. The monoisotopic (exact) mass is 342 g/mol. The van der Waals surface area contributed by atoms with Crippen LogP contribution in [-0.4, -0.2) is 37.0 Å². The normalized spacial score (nSPS) is 17.1. The summed E-state index contributed by atoms with van der Waals surface area (Å²) in [5.74, 6) is 0.176. The molecule has 1 aromatic carbocycles. The van der Waals surface area contributed by atoms with Gasteiger partial charge in [0, 0.05) is 23.1 Å². The first-order valence-electron chi connectivity index (χ1n) is 7.01. The van der Waals surface area contributed by atoms with Gasteiger partial charge in [-0.3, -0.25) is 4.79 Å². The number of carbonyl (C=O) groups is 1. The van der Waals surface area contributed by atoms with E-state index < -0.39 is 5.82 Å². The number of halogens is 2. The number of rotatable bonds is 4. The Balaban J connectivity index is 1.77. The molecule has 110 valence electrons. The number of likely N-dealkylation sites (tertiary alicyclic amines) is 1. The minimum Gasteiger partial charge on any atom is -0.351 e. The molecule has 1 heterocycles. The van der Waals surface area contributed by atoms with Crippen LogP contribution in [0.3, 0.4) is 0 Å². The van der Waals surface area contributed by atoms with Crippen molar-refractivity contribution in [2.24, 2.45) is 5.92 Å². The molecule has 0 aliphatic carbocycles. The number of benzene rings is 1. The molecular weight excluding hydrogens is 323 g/mol. The van der Waals surface area contributed by atoms with Crippen LogP contribution in [0.5, 0.6) is 0 Å². The van der Waals surface area contributed by atoms with Crippen molar-refractivity contribution in [1.29, 1.82) is 0 Å². The van der Waals surface area contributed by atoms with Gasteiger partial charge in [0.15, 0.2) is 0 Å². The topological polar surface area (TPSA) is 32.3 Å². The summed E-state index contributed by atoms with van der Waals surface area (Å²) >= 11 is 3.19. The first kappa shape index (κ1) is 15.4. The van der Waals surface area contributed by atoms with Gasteiger partial charge in [-0.15, -0.1) is 0 Å². The van der Waals surface area contributed by atoms with E-state index in [4.69, 9.17) is 0 Å². The third-order valence-corrected chi connectivity index (χ3v) is 4.17. The van der Waals surface area contributed by atoms with E-state index in [2.05, 4.69) is 33.1 Å². The van der Waals surface area contributed by atoms with E-state index in [0.717, 1.165) is 25.6 Å². The van der Waals surface area contributed by atoms with E-state index in [1.165, 1.54) is 25.0 Å². The molecule has 1 amide bonds. The third kappa shape index (κ3) is 4.56. The summed E-state index contributed by atoms with van der Waals surface area (Å²) in [6.45, 7) is 5.93. The lowest BCUT2D eigenvalue weighted by atomic mass is 9.99. The third-order valence-electron chi connectivity index (χ3n) is 3.71. The van der Waals surface area contributed by atoms with Crippen molar-refractivity contribution < 1.29 is 9.18 Å². The molecule has 5 heteroatoms. The smallest absolute Gasteiger partial charge is 0.251 e. The molecule has 0 aromatic heterocycles. The standard InChI is InChI=1S/C15H20BrFN2O/c1-11-2-5-19(6-3-11)7-4-18-15(20)12-8-13(16)10-14(17)9-12/h8-11H,2-7H2,1H3,(H,18,20). The molecule has 0 saturated carbocycles. The second-order valence-corrected chi connectivity index (χ2v) is 6.35. The molecule has 0 unspecified atom stereocenters. The minimum atomic E-state index is -0.408. The van der Waals surface area contributed by atoms with Crippen LogP contribution >= 0.6 is 15.9 Å². The van der Waals surface area contributed by atoms with Gasteiger partial charge in [-0.25, -0.2) is 4.39 Å². The quantitative estimate of drug-likeness (QED) is 0.911. The highest BCUT2D eigenvalue weighted by Gasteiger charge is 2.15. The Morgan fingerprint density at radius 3 is 2.75 bits per heavy atom. The van der Waals surface area contributed by atoms with Gasteiger partial charge < -0.3 is 10.2 Å². The fourth-order valence-electron chi connectivity index (χ4n) is 2.40. The zero-order valence-electron chi connectivity index (χ0n) is 11.7. The van der Waals surface area contributed by atoms with E-state index in [9.17, 15) is 9.18 Å². The van der Waals surface area contributed by atoms with Crippen molar-refractivity contribution in [2.45, 2.75) is 19.8 Å². The van der Waals surface area contributed by atoms with Gasteiger partial charge in [-0.1, -0.05) is 22.9 Å². The maximum absolute atomic E-state index is 13.2. The van der Waals surface area contributed by atoms with E-state index >= 15 is 0 Å². The number of nitrogens with one attached hydrogen (secondary N) is 1. The van der Waals surface area contributed by atoms with Crippen LogP contribution in [-0.2, 0) is 0 Å². The highest BCUT2D eigenvalue weighted by atomic mass is 79.9. The summed E-state index contributed by atoms with van der Waals surface area (Å²) in [7, 11) is 0. The van der Waals surface area contributed by atoms with Gasteiger partial charge >= 0.3 is 0 Å². The summed E-state index contributed by atoms with van der Waals surface area (Å²) in [6.07, 6.45) is 2.45. The molecule has 0 bridgehead atoms. The fourth-order valence-corrected chi connectivity index (χ4v) is 2.87. The highest BCUT2D eigenvalue weighted by molar-refractivity contribution is 9.10. The molecule has 0 atom stereocenters. The Hall–Kier alpha value is -0.940. The van der Waals surface area contributed by atoms with Crippen LogP contribution in [0.1, 0.15) is 30.1 Å². The van der Waals surface area contributed by atoms with Gasteiger partial charge in [0.25, 0.3) is 5.91 Å². The zero-order valence-corrected chi connectivity index (χ0v) is 13.2. The van der Waals surface area contributed by atoms with Crippen molar-refractivity contribution in [2.75, 3.05) is 26.2 Å². The predicted octanol–water partition coefficient (Wildman–Crippen LogP) is 3.05. The number of nitrogens with zero attached hydrogens (tertiary/aromatic N) is 1. The molecule has 1 aromatic rings. The number of amides is 1. The SMILES string of the molecule is CC1CCN(CCNC(=O)c2cc(F)cc(Br)c2)CC1. The Morgan fingerprint density at radius 2 is 2.10 bits per heavy atom. The molecule has 1 fully saturated rings. The molecule has 0 spiro atoms. The maximum Gasteiger partial charge on any atom is 0.251 e. The summed E-state index contributed by atoms with van der Waals surface area (Å²) in [4.78, 5) is 14.3. The first-order valence-corrected chi connectivity index (χ1v) is 7.80. The van der Waals surface area contributed by atoms with E-state index in [1.807, 2.05) is 0 Å². The van der Waals surface area contributed by atoms with E-state index in [1.54, 1.807) is 6.07 Å². The second kappa shape index (κ2) is 7.18. The van der Waals surface area contributed by atoms with Gasteiger partial charge in [-0.2, -0.15) is 0 Å². The van der Waals surface area contributed by atoms with Gasteiger partial charge in [-0.05, 0) is 50.0 Å². The average molecular weight is 343 g/mol. The lowest BCUT2D eigenvalue weighted by Gasteiger charge is -2.30. The van der Waals surface area contributed by atoms with Crippen LogP contribution in [0.4, 0.5) is 4.39 Å². The molecule has 1 N–H and O–H groups in total. The van der Waals surface area contributed by atoms with Crippen molar-refractivity contribution >= 4 is 21.8 Å². The van der Waals surface area contributed by atoms with Crippen molar-refractivity contribution in [3.8, 4) is 0 Å². The minimum absolute atomic E-state index is 0.226. The van der Waals surface area contributed by atoms with E-state index in [0.29, 0.717) is 16.6 Å². The summed E-state index contributed by atoms with van der Waals surface area (Å²) in [6, 6.07) is 4.22. The molecule has 20 heavy (non-hydrogen) atoms. The lowest BCUT2D eigenvalue weighted by Crippen LogP contribution is -2.39. The second-order valence-electron chi connectivity index (χ2n) is 5.44. The lowest BCUT2D eigenvalue weighted by molar-refractivity contribution is 0.0944. The molecule has 1 saturated heterocycles. The van der Waals surface area contributed by atoms with E-state index in [-0.39, 0.29) is 5.91 Å². The Kier molecular flexibility index (Phi) is 5.54. The molecule has 2 rings (SSSR count). The van der Waals surface area contributed by atoms with Gasteiger partial charge in [0.2, 0.25) is 0 Å². The molecule has 0 radical (unpaired) electrons. The van der Waals surface area contributed by atoms with Crippen molar-refractivity contribution in [1.82, 2.24) is 10.2 Å². The number of hydrogen-bond donors (Lipinski definition) is 1. The van der Waals surface area contributed by atoms with Crippen molar-refractivity contribution in [3.63, 3.8) is 0 Å². The van der Waals surface area contributed by atoms with Crippen LogP contribution in [0, 0.1) is 11.7 Å². The van der Waals surface area contributed by atoms with Crippen LogP contribution in [0.25, 0.3) is 0 Å². The predicted molar refractivity (Wildman–Crippen MR) is 81.3 cm³/mol. The summed E-state index contributed by atoms with van der Waals surface area (Å²) < 4.78 is 13.8. The number of carbonyl (C=O) groups excluding carboxylic acids is 1. The average Bonchev–Trinajstić information content (AvgIpc) is 2.40. The molecule has 3 nitrogen and oxygen atoms in total. The molecule has 1 aliphatic heterocycles. The summed E-state index contributed by atoms with van der Waals surface area (Å²) in [5, 5.41) is 2.84. The number of hydrogen-bond acceptors (Lipinski definition) is 2. The van der Waals surface area contributed by atoms with Crippen LogP contribution < -0.4 is 5.32 Å². The van der Waals surface area contributed by atoms with Gasteiger partial charge in [0.05, 0.1) is 0 Å². The molecule has 1 aliphatic rings. The van der Waals surface area contributed by atoms with Crippen molar-refractivity contribution in [3.05, 3.63) is 34.1 Å². The van der Waals surface area contributed by atoms with Crippen LogP contribution in [0.15, 0.2) is 22.7 Å². The summed E-state index contributed by atoms with van der Waals surface area (Å²) in [5.41, 5.74) is 0.351. The fraction of sp³-hybridized carbons (Fsp3) is 0.533. The maximum atomic E-state index is 13.2. The Labute approximate surface area is 127 Å².